The zero-order chi connectivity index (χ0) is 24.5. The summed E-state index contributed by atoms with van der Waals surface area (Å²) in [4.78, 5) is 17.9. The van der Waals surface area contributed by atoms with Crippen molar-refractivity contribution in [1.82, 2.24) is 10.2 Å². The van der Waals surface area contributed by atoms with E-state index in [1.165, 1.54) is 41.6 Å². The van der Waals surface area contributed by atoms with Crippen LogP contribution in [-0.2, 0) is 18.4 Å². The van der Waals surface area contributed by atoms with Crippen LogP contribution in [-0.4, -0.2) is 36.1 Å². The fourth-order valence-corrected chi connectivity index (χ4v) is 7.21. The third-order valence-electron chi connectivity index (χ3n) is 9.48. The molecular weight excluding hydrogens is 430 g/mol. The first kappa shape index (κ1) is 24.2. The molecule has 1 aliphatic heterocycles. The third-order valence-corrected chi connectivity index (χ3v) is 9.48. The number of nitrogens with zero attached hydrogens (tertiary/aromatic N) is 2. The molecule has 188 valence electrons. The number of rotatable bonds is 8. The van der Waals surface area contributed by atoms with Crippen molar-refractivity contribution in [3.8, 4) is 0 Å². The first-order chi connectivity index (χ1) is 17.1. The molecule has 0 bridgehead atoms. The van der Waals surface area contributed by atoms with Crippen LogP contribution in [0, 0.1) is 5.92 Å². The SMILES string of the molecule is CCc1cccc(N(CC)C2(c3ccccc3)CCC3(CC2)CNC(=O)N3CC2CCC2)c1CC. The monoisotopic (exact) mass is 473 g/mol. The standard InChI is InChI=1S/C31H43N3O/c1-4-25-14-11-17-28(27(25)5-2)33(6-3)31(26-15-8-7-9-16-26)20-18-30(19-21-31)23-32-29(35)34(30)22-24-12-10-13-24/h7-9,11,14-17,24H,4-6,10,12-13,18-23H2,1-3H3,(H,32,35). The molecule has 4 heteroatoms. The lowest BCUT2D eigenvalue weighted by Crippen LogP contribution is -2.58. The number of hydrogen-bond donors (Lipinski definition) is 1. The van der Waals surface area contributed by atoms with Crippen LogP contribution in [0.25, 0.3) is 0 Å². The van der Waals surface area contributed by atoms with Gasteiger partial charge in [0.1, 0.15) is 0 Å². The largest absolute Gasteiger partial charge is 0.362 e. The molecule has 35 heavy (non-hydrogen) atoms. The molecule has 0 radical (unpaired) electrons. The topological polar surface area (TPSA) is 35.6 Å². The van der Waals surface area contributed by atoms with Crippen LogP contribution < -0.4 is 10.2 Å². The van der Waals surface area contributed by atoms with E-state index in [0.29, 0.717) is 5.92 Å². The van der Waals surface area contributed by atoms with Crippen LogP contribution in [0.3, 0.4) is 0 Å². The predicted molar refractivity (Wildman–Crippen MR) is 145 cm³/mol. The third kappa shape index (κ3) is 4.13. The number of carbonyl (C=O) groups is 1. The maximum absolute atomic E-state index is 12.9. The number of aryl methyl sites for hydroxylation is 1. The molecule has 2 aromatic carbocycles. The van der Waals surface area contributed by atoms with Gasteiger partial charge in [-0.3, -0.25) is 0 Å². The van der Waals surface area contributed by atoms with E-state index in [-0.39, 0.29) is 17.1 Å². The summed E-state index contributed by atoms with van der Waals surface area (Å²) in [6, 6.07) is 18.3. The van der Waals surface area contributed by atoms with E-state index in [9.17, 15) is 4.79 Å². The van der Waals surface area contributed by atoms with Crippen LogP contribution in [0.15, 0.2) is 48.5 Å². The number of carbonyl (C=O) groups excluding carboxylic acids is 1. The maximum atomic E-state index is 12.9. The number of benzene rings is 2. The van der Waals surface area contributed by atoms with Gasteiger partial charge >= 0.3 is 6.03 Å². The summed E-state index contributed by atoms with van der Waals surface area (Å²) in [6.45, 7) is 9.61. The average molecular weight is 474 g/mol. The van der Waals surface area contributed by atoms with Gasteiger partial charge in [-0.1, -0.05) is 62.7 Å². The van der Waals surface area contributed by atoms with E-state index >= 15 is 0 Å². The molecular formula is C31H43N3O. The Morgan fingerprint density at radius 2 is 1.69 bits per heavy atom. The minimum atomic E-state index is -0.0503. The lowest BCUT2D eigenvalue weighted by molar-refractivity contribution is 0.0648. The number of amides is 2. The van der Waals surface area contributed by atoms with Crippen LogP contribution in [0.1, 0.15) is 82.4 Å². The molecule has 0 aromatic heterocycles. The number of anilines is 1. The second-order valence-electron chi connectivity index (χ2n) is 11.1. The zero-order valence-electron chi connectivity index (χ0n) is 22.0. The van der Waals surface area contributed by atoms with Gasteiger partial charge in [0, 0.05) is 25.3 Å². The Bertz CT molecular complexity index is 1020. The first-order valence-electron chi connectivity index (χ1n) is 14.1. The molecule has 1 heterocycles. The van der Waals surface area contributed by atoms with Crippen molar-refractivity contribution >= 4 is 11.7 Å². The second kappa shape index (κ2) is 9.87. The summed E-state index contributed by atoms with van der Waals surface area (Å²) in [7, 11) is 0. The number of nitrogens with one attached hydrogen (secondary N) is 1. The van der Waals surface area contributed by atoms with Crippen molar-refractivity contribution in [3.05, 3.63) is 65.2 Å². The minimum Gasteiger partial charge on any atom is -0.362 e. The Labute approximate surface area is 212 Å². The van der Waals surface area contributed by atoms with E-state index in [2.05, 4.69) is 84.4 Å². The average Bonchev–Trinajstić information content (AvgIpc) is 3.17. The van der Waals surface area contributed by atoms with Crippen LogP contribution in [0.4, 0.5) is 10.5 Å². The molecule has 1 saturated heterocycles. The molecule has 2 amide bonds. The highest BCUT2D eigenvalue weighted by Gasteiger charge is 2.53. The highest BCUT2D eigenvalue weighted by atomic mass is 16.2. The lowest BCUT2D eigenvalue weighted by atomic mass is 9.67. The van der Waals surface area contributed by atoms with Gasteiger partial charge in [-0.05, 0) is 87.0 Å². The van der Waals surface area contributed by atoms with Gasteiger partial charge < -0.3 is 15.1 Å². The van der Waals surface area contributed by atoms with E-state index in [0.717, 1.165) is 58.2 Å². The molecule has 1 N–H and O–H groups in total. The Morgan fingerprint density at radius 3 is 2.29 bits per heavy atom. The molecule has 2 saturated carbocycles. The molecule has 1 spiro atoms. The van der Waals surface area contributed by atoms with Gasteiger partial charge in [0.2, 0.25) is 0 Å². The Balaban J connectivity index is 1.52. The fourth-order valence-electron chi connectivity index (χ4n) is 7.21. The first-order valence-corrected chi connectivity index (χ1v) is 14.1. The molecule has 2 aromatic rings. The van der Waals surface area contributed by atoms with Crippen molar-refractivity contribution in [3.63, 3.8) is 0 Å². The molecule has 3 fully saturated rings. The minimum absolute atomic E-state index is 0.0246. The van der Waals surface area contributed by atoms with Crippen LogP contribution >= 0.6 is 0 Å². The molecule has 4 nitrogen and oxygen atoms in total. The van der Waals surface area contributed by atoms with Gasteiger partial charge in [0.25, 0.3) is 0 Å². The maximum Gasteiger partial charge on any atom is 0.318 e. The van der Waals surface area contributed by atoms with Crippen LogP contribution in [0.2, 0.25) is 0 Å². The smallest absolute Gasteiger partial charge is 0.318 e. The van der Waals surface area contributed by atoms with Crippen molar-refractivity contribution < 1.29 is 4.79 Å². The summed E-state index contributed by atoms with van der Waals surface area (Å²) in [5, 5.41) is 3.23. The predicted octanol–water partition coefficient (Wildman–Crippen LogP) is 6.67. The van der Waals surface area contributed by atoms with Crippen LogP contribution in [0.5, 0.6) is 0 Å². The molecule has 2 aliphatic carbocycles. The number of hydrogen-bond acceptors (Lipinski definition) is 2. The van der Waals surface area contributed by atoms with Crippen molar-refractivity contribution in [2.45, 2.75) is 89.6 Å². The normalized spacial score (nSPS) is 26.6. The van der Waals surface area contributed by atoms with Gasteiger partial charge in [0.15, 0.2) is 0 Å². The summed E-state index contributed by atoms with van der Waals surface area (Å²) < 4.78 is 0. The zero-order valence-corrected chi connectivity index (χ0v) is 22.0. The Morgan fingerprint density at radius 1 is 0.943 bits per heavy atom. The second-order valence-corrected chi connectivity index (χ2v) is 11.1. The molecule has 5 rings (SSSR count). The summed E-state index contributed by atoms with van der Waals surface area (Å²) in [5.41, 5.74) is 5.71. The van der Waals surface area contributed by atoms with Gasteiger partial charge in [-0.2, -0.15) is 0 Å². The molecule has 0 atom stereocenters. The Hall–Kier alpha value is -2.49. The molecule has 3 aliphatic rings. The fraction of sp³-hybridized carbons (Fsp3) is 0.581. The number of urea groups is 1. The van der Waals surface area contributed by atoms with Gasteiger partial charge in [0.05, 0.1) is 11.1 Å². The van der Waals surface area contributed by atoms with Gasteiger partial charge in [-0.25, -0.2) is 4.79 Å². The summed E-state index contributed by atoms with van der Waals surface area (Å²) in [5.74, 6) is 0.701. The lowest BCUT2D eigenvalue weighted by Gasteiger charge is -2.54. The van der Waals surface area contributed by atoms with E-state index < -0.39 is 0 Å². The highest BCUT2D eigenvalue weighted by Crippen LogP contribution is 2.51. The quantitative estimate of drug-likeness (QED) is 0.465. The van der Waals surface area contributed by atoms with E-state index in [4.69, 9.17) is 0 Å². The highest BCUT2D eigenvalue weighted by molar-refractivity contribution is 5.78. The Kier molecular flexibility index (Phi) is 6.83. The molecule has 0 unspecified atom stereocenters. The van der Waals surface area contributed by atoms with Crippen molar-refractivity contribution in [1.29, 1.82) is 0 Å². The van der Waals surface area contributed by atoms with Crippen molar-refractivity contribution in [2.24, 2.45) is 5.92 Å². The van der Waals surface area contributed by atoms with E-state index in [1.807, 2.05) is 0 Å². The summed E-state index contributed by atoms with van der Waals surface area (Å²) >= 11 is 0. The van der Waals surface area contributed by atoms with Gasteiger partial charge in [-0.15, -0.1) is 0 Å². The van der Waals surface area contributed by atoms with Crippen molar-refractivity contribution in [2.75, 3.05) is 24.5 Å². The van der Waals surface area contributed by atoms with E-state index in [1.54, 1.807) is 0 Å². The summed E-state index contributed by atoms with van der Waals surface area (Å²) in [6.07, 6.45) is 10.3.